The zero-order valence-corrected chi connectivity index (χ0v) is 14.2. The molecule has 0 unspecified atom stereocenters. The number of carbonyl (C=O) groups is 2. The minimum absolute atomic E-state index is 0.0714. The van der Waals surface area contributed by atoms with Gasteiger partial charge in [-0.05, 0) is 37.5 Å². The van der Waals surface area contributed by atoms with Crippen molar-refractivity contribution in [2.45, 2.75) is 38.5 Å². The molecule has 3 rings (SSSR count). The second kappa shape index (κ2) is 8.09. The standard InChI is InChI=1S/C18H23FN4O2/c19-13-7-8-14-15(11-13)22-16(21-14)5-4-9-20-17(24)12-23-10-3-1-2-6-18(23)25/h7-8,11H,1-6,9-10,12H2,(H,20,24)(H,21,22). The molecule has 1 aliphatic rings. The maximum absolute atomic E-state index is 13.2. The number of likely N-dealkylation sites (tertiary alicyclic amines) is 1. The van der Waals surface area contributed by atoms with Crippen molar-refractivity contribution in [3.63, 3.8) is 0 Å². The molecule has 1 aromatic heterocycles. The quantitative estimate of drug-likeness (QED) is 0.787. The molecule has 7 heteroatoms. The minimum atomic E-state index is -0.293. The van der Waals surface area contributed by atoms with Crippen LogP contribution in [0.15, 0.2) is 18.2 Å². The molecule has 1 aliphatic heterocycles. The summed E-state index contributed by atoms with van der Waals surface area (Å²) in [4.78, 5) is 33.0. The van der Waals surface area contributed by atoms with Gasteiger partial charge >= 0.3 is 0 Å². The van der Waals surface area contributed by atoms with Crippen LogP contribution in [0.1, 0.15) is 37.9 Å². The number of nitrogens with zero attached hydrogens (tertiary/aromatic N) is 2. The topological polar surface area (TPSA) is 78.1 Å². The van der Waals surface area contributed by atoms with Gasteiger partial charge in [0.15, 0.2) is 0 Å². The number of aromatic nitrogens is 2. The number of fused-ring (bicyclic) bond motifs is 1. The molecule has 0 radical (unpaired) electrons. The Hall–Kier alpha value is -2.44. The van der Waals surface area contributed by atoms with Gasteiger partial charge in [0.25, 0.3) is 0 Å². The van der Waals surface area contributed by atoms with Crippen LogP contribution in [0, 0.1) is 5.82 Å². The molecule has 1 fully saturated rings. The van der Waals surface area contributed by atoms with Gasteiger partial charge in [-0.2, -0.15) is 0 Å². The van der Waals surface area contributed by atoms with E-state index in [0.29, 0.717) is 31.4 Å². The van der Waals surface area contributed by atoms with Crippen LogP contribution < -0.4 is 5.32 Å². The van der Waals surface area contributed by atoms with E-state index in [0.717, 1.165) is 37.0 Å². The maximum Gasteiger partial charge on any atom is 0.239 e. The third-order valence-corrected chi connectivity index (χ3v) is 4.41. The highest BCUT2D eigenvalue weighted by molar-refractivity contribution is 5.84. The molecular formula is C18H23FN4O2. The predicted molar refractivity (Wildman–Crippen MR) is 92.4 cm³/mol. The molecule has 0 saturated carbocycles. The van der Waals surface area contributed by atoms with Crippen LogP contribution in [-0.2, 0) is 16.0 Å². The van der Waals surface area contributed by atoms with E-state index in [1.807, 2.05) is 0 Å². The van der Waals surface area contributed by atoms with E-state index in [9.17, 15) is 14.0 Å². The van der Waals surface area contributed by atoms with Crippen LogP contribution in [-0.4, -0.2) is 46.3 Å². The molecule has 25 heavy (non-hydrogen) atoms. The van der Waals surface area contributed by atoms with Crippen LogP contribution in [0.25, 0.3) is 11.0 Å². The average molecular weight is 346 g/mol. The summed E-state index contributed by atoms with van der Waals surface area (Å²) in [6.45, 7) is 1.33. The highest BCUT2D eigenvalue weighted by Gasteiger charge is 2.18. The number of benzene rings is 1. The molecule has 2 aromatic rings. The fraction of sp³-hybridized carbons (Fsp3) is 0.500. The number of halogens is 1. The van der Waals surface area contributed by atoms with Crippen LogP contribution in [0.2, 0.25) is 0 Å². The van der Waals surface area contributed by atoms with E-state index in [2.05, 4.69) is 15.3 Å². The Balaban J connectivity index is 1.41. The van der Waals surface area contributed by atoms with Gasteiger partial charge in [0.1, 0.15) is 11.6 Å². The monoisotopic (exact) mass is 346 g/mol. The summed E-state index contributed by atoms with van der Waals surface area (Å²) in [6, 6.07) is 4.45. The molecule has 2 heterocycles. The van der Waals surface area contributed by atoms with Crippen molar-refractivity contribution in [2.24, 2.45) is 0 Å². The number of aryl methyl sites for hydroxylation is 1. The number of nitrogens with one attached hydrogen (secondary N) is 2. The number of imidazole rings is 1. The third kappa shape index (κ3) is 4.78. The highest BCUT2D eigenvalue weighted by Crippen LogP contribution is 2.13. The molecule has 2 amide bonds. The Kier molecular flexibility index (Phi) is 5.63. The van der Waals surface area contributed by atoms with Crippen LogP contribution in [0.3, 0.4) is 0 Å². The van der Waals surface area contributed by atoms with Crippen molar-refractivity contribution in [3.8, 4) is 0 Å². The molecule has 1 aromatic carbocycles. The first-order chi connectivity index (χ1) is 12.1. The Morgan fingerprint density at radius 2 is 2.20 bits per heavy atom. The average Bonchev–Trinajstić information content (AvgIpc) is 2.88. The van der Waals surface area contributed by atoms with E-state index in [-0.39, 0.29) is 24.2 Å². The summed E-state index contributed by atoms with van der Waals surface area (Å²) in [5.41, 5.74) is 1.42. The number of hydrogen-bond acceptors (Lipinski definition) is 3. The van der Waals surface area contributed by atoms with Crippen molar-refractivity contribution in [1.29, 1.82) is 0 Å². The summed E-state index contributed by atoms with van der Waals surface area (Å²) in [5, 5.41) is 2.85. The first-order valence-corrected chi connectivity index (χ1v) is 8.80. The summed E-state index contributed by atoms with van der Waals surface area (Å²) in [6.07, 6.45) is 4.86. The highest BCUT2D eigenvalue weighted by atomic mass is 19.1. The normalized spacial score (nSPS) is 15.4. The largest absolute Gasteiger partial charge is 0.355 e. The van der Waals surface area contributed by atoms with Crippen LogP contribution in [0.5, 0.6) is 0 Å². The summed E-state index contributed by atoms with van der Waals surface area (Å²) >= 11 is 0. The minimum Gasteiger partial charge on any atom is -0.355 e. The second-order valence-corrected chi connectivity index (χ2v) is 6.42. The van der Waals surface area contributed by atoms with Gasteiger partial charge in [0.2, 0.25) is 11.8 Å². The Morgan fingerprint density at radius 3 is 3.08 bits per heavy atom. The Morgan fingerprint density at radius 1 is 1.32 bits per heavy atom. The van der Waals surface area contributed by atoms with Gasteiger partial charge < -0.3 is 15.2 Å². The van der Waals surface area contributed by atoms with Crippen LogP contribution in [0.4, 0.5) is 4.39 Å². The van der Waals surface area contributed by atoms with Gasteiger partial charge in [0.05, 0.1) is 17.6 Å². The lowest BCUT2D eigenvalue weighted by molar-refractivity contribution is -0.135. The van der Waals surface area contributed by atoms with Crippen molar-refractivity contribution in [3.05, 3.63) is 29.8 Å². The lowest BCUT2D eigenvalue weighted by Gasteiger charge is -2.19. The van der Waals surface area contributed by atoms with Gasteiger partial charge in [-0.25, -0.2) is 9.37 Å². The SMILES string of the molecule is O=C(CN1CCCCCC1=O)NCCCc1nc2ccc(F)cc2[nH]1. The predicted octanol–water partition coefficient (Wildman–Crippen LogP) is 2.15. The second-order valence-electron chi connectivity index (χ2n) is 6.42. The van der Waals surface area contributed by atoms with E-state index in [1.165, 1.54) is 12.1 Å². The number of carbonyl (C=O) groups excluding carboxylic acids is 2. The first kappa shape index (κ1) is 17.4. The molecule has 2 N–H and O–H groups in total. The number of amides is 2. The fourth-order valence-corrected chi connectivity index (χ4v) is 3.07. The molecule has 0 spiro atoms. The van der Waals surface area contributed by atoms with Gasteiger partial charge in [0, 0.05) is 25.9 Å². The molecule has 0 atom stereocenters. The Bertz CT molecular complexity index is 759. The number of rotatable bonds is 6. The molecule has 6 nitrogen and oxygen atoms in total. The molecule has 0 bridgehead atoms. The van der Waals surface area contributed by atoms with Crippen molar-refractivity contribution in [1.82, 2.24) is 20.2 Å². The number of hydrogen-bond donors (Lipinski definition) is 2. The number of aromatic amines is 1. The fourth-order valence-electron chi connectivity index (χ4n) is 3.07. The molecular weight excluding hydrogens is 323 g/mol. The van der Waals surface area contributed by atoms with E-state index in [1.54, 1.807) is 11.0 Å². The van der Waals surface area contributed by atoms with Gasteiger partial charge in [-0.3, -0.25) is 9.59 Å². The third-order valence-electron chi connectivity index (χ3n) is 4.41. The van der Waals surface area contributed by atoms with Gasteiger partial charge in [-0.15, -0.1) is 0 Å². The summed E-state index contributed by atoms with van der Waals surface area (Å²) in [7, 11) is 0. The smallest absolute Gasteiger partial charge is 0.239 e. The summed E-state index contributed by atoms with van der Waals surface area (Å²) < 4.78 is 13.2. The van der Waals surface area contributed by atoms with Crippen molar-refractivity contribution < 1.29 is 14.0 Å². The number of H-pyrrole nitrogens is 1. The lowest BCUT2D eigenvalue weighted by Crippen LogP contribution is -2.40. The van der Waals surface area contributed by atoms with Crippen molar-refractivity contribution >= 4 is 22.8 Å². The van der Waals surface area contributed by atoms with E-state index < -0.39 is 0 Å². The summed E-state index contributed by atoms with van der Waals surface area (Å²) in [5.74, 6) is 0.430. The van der Waals surface area contributed by atoms with Crippen LogP contribution >= 0.6 is 0 Å². The molecule has 0 aliphatic carbocycles. The van der Waals surface area contributed by atoms with Crippen molar-refractivity contribution in [2.75, 3.05) is 19.6 Å². The maximum atomic E-state index is 13.2. The van der Waals surface area contributed by atoms with Gasteiger partial charge in [-0.1, -0.05) is 6.42 Å². The lowest BCUT2D eigenvalue weighted by atomic mass is 10.2. The zero-order valence-electron chi connectivity index (χ0n) is 14.2. The van der Waals surface area contributed by atoms with E-state index >= 15 is 0 Å². The molecule has 1 saturated heterocycles. The molecule has 134 valence electrons. The Labute approximate surface area is 145 Å². The zero-order chi connectivity index (χ0) is 17.6. The first-order valence-electron chi connectivity index (χ1n) is 8.80. The van der Waals surface area contributed by atoms with E-state index in [4.69, 9.17) is 0 Å².